The van der Waals surface area contributed by atoms with Gasteiger partial charge in [-0.3, -0.25) is 9.59 Å². The standard InChI is InChI=1S/C36H34N4O2/c1-21-27-17-39-20-40(33(27)9-7-31(21)37)18-28-22(2)32(8-10-34(28)39)38-35(42)26-6-5-25-12-14-36(30(25)16-26)13-11-24-4-3-23(19-41)15-29(24)36/h3-10,15-16,19H,11-14,17-18,20,37H2,1-2H3,(H,38,42). The summed E-state index contributed by atoms with van der Waals surface area (Å²) in [5.74, 6) is -0.0872. The van der Waals surface area contributed by atoms with Crippen LogP contribution in [-0.4, -0.2) is 18.9 Å². The first-order valence-corrected chi connectivity index (χ1v) is 14.9. The van der Waals surface area contributed by atoms with Crippen LogP contribution in [0.5, 0.6) is 0 Å². The second kappa shape index (κ2) is 8.96. The molecule has 0 radical (unpaired) electrons. The van der Waals surface area contributed by atoms with Crippen LogP contribution in [0.25, 0.3) is 0 Å². The number of carbonyl (C=O) groups excluding carboxylic acids is 2. The molecule has 1 amide bonds. The molecule has 2 aliphatic heterocycles. The number of hydrogen-bond acceptors (Lipinski definition) is 5. The van der Waals surface area contributed by atoms with Crippen LogP contribution < -0.4 is 20.9 Å². The summed E-state index contributed by atoms with van der Waals surface area (Å²) in [4.78, 5) is 30.1. The van der Waals surface area contributed by atoms with Gasteiger partial charge in [-0.05, 0) is 127 Å². The second-order valence-electron chi connectivity index (χ2n) is 12.5. The van der Waals surface area contributed by atoms with E-state index in [1.807, 2.05) is 24.3 Å². The fraction of sp³-hybridized carbons (Fsp3) is 0.278. The SMILES string of the molecule is Cc1c(N)ccc2c1CN1CN2Cc2c1ccc(NC(=O)c1ccc3c(c1)C1(CCc4ccc(C=O)cc41)CC3)c2C. The number of nitrogen functional groups attached to an aromatic ring is 1. The van der Waals surface area contributed by atoms with E-state index in [1.54, 1.807) is 0 Å². The molecular formula is C36H34N4O2. The van der Waals surface area contributed by atoms with Crippen molar-refractivity contribution in [1.82, 2.24) is 0 Å². The lowest BCUT2D eigenvalue weighted by atomic mass is 9.76. The van der Waals surface area contributed by atoms with Gasteiger partial charge in [-0.15, -0.1) is 0 Å². The average Bonchev–Trinajstić information content (AvgIpc) is 3.57. The Labute approximate surface area is 246 Å². The predicted octanol–water partition coefficient (Wildman–Crippen LogP) is 6.43. The highest BCUT2D eigenvalue weighted by Crippen LogP contribution is 2.52. The molecule has 0 aromatic heterocycles. The van der Waals surface area contributed by atoms with E-state index >= 15 is 0 Å². The average molecular weight is 555 g/mol. The maximum absolute atomic E-state index is 13.7. The molecule has 42 heavy (non-hydrogen) atoms. The first-order chi connectivity index (χ1) is 20.4. The number of fused-ring (bicyclic) bond motifs is 10. The van der Waals surface area contributed by atoms with Crippen LogP contribution in [0.3, 0.4) is 0 Å². The maximum atomic E-state index is 13.7. The van der Waals surface area contributed by atoms with Crippen molar-refractivity contribution in [3.63, 3.8) is 0 Å². The topological polar surface area (TPSA) is 78.7 Å². The van der Waals surface area contributed by atoms with Gasteiger partial charge in [-0.1, -0.05) is 18.2 Å². The van der Waals surface area contributed by atoms with Gasteiger partial charge in [0, 0.05) is 52.4 Å². The van der Waals surface area contributed by atoms with Crippen molar-refractivity contribution >= 4 is 34.9 Å². The summed E-state index contributed by atoms with van der Waals surface area (Å²) < 4.78 is 0. The molecule has 2 bridgehead atoms. The number of aryl methyl sites for hydroxylation is 2. The lowest BCUT2D eigenvalue weighted by molar-refractivity contribution is 0.102. The molecule has 6 nitrogen and oxygen atoms in total. The van der Waals surface area contributed by atoms with E-state index in [4.69, 9.17) is 5.73 Å². The fourth-order valence-electron chi connectivity index (χ4n) is 8.05. The first kappa shape index (κ1) is 25.2. The van der Waals surface area contributed by atoms with Crippen molar-refractivity contribution in [2.24, 2.45) is 0 Å². The molecule has 6 heteroatoms. The summed E-state index contributed by atoms with van der Waals surface area (Å²) in [5.41, 5.74) is 21.7. The Morgan fingerprint density at radius 3 is 2.19 bits per heavy atom. The number of rotatable bonds is 3. The zero-order valence-electron chi connectivity index (χ0n) is 24.1. The van der Waals surface area contributed by atoms with Crippen molar-refractivity contribution in [3.05, 3.63) is 116 Å². The summed E-state index contributed by atoms with van der Waals surface area (Å²) in [5, 5.41) is 3.25. The minimum Gasteiger partial charge on any atom is -0.399 e. The Hall–Kier alpha value is -4.58. The third-order valence-corrected chi connectivity index (χ3v) is 10.5. The molecule has 8 rings (SSSR count). The summed E-state index contributed by atoms with van der Waals surface area (Å²) in [6.45, 7) is 6.70. The molecule has 1 atom stereocenters. The molecule has 0 saturated heterocycles. The Balaban J connectivity index is 1.10. The molecule has 2 aliphatic carbocycles. The largest absolute Gasteiger partial charge is 0.399 e. The summed E-state index contributed by atoms with van der Waals surface area (Å²) in [6.07, 6.45) is 4.98. The Morgan fingerprint density at radius 1 is 0.833 bits per heavy atom. The van der Waals surface area contributed by atoms with Crippen LogP contribution in [0.15, 0.2) is 60.7 Å². The maximum Gasteiger partial charge on any atom is 0.255 e. The molecular weight excluding hydrogens is 520 g/mol. The molecule has 0 saturated carbocycles. The van der Waals surface area contributed by atoms with Gasteiger partial charge in [0.1, 0.15) is 6.29 Å². The third kappa shape index (κ3) is 3.50. The number of nitrogens with two attached hydrogens (primary N) is 1. The zero-order chi connectivity index (χ0) is 28.7. The Kier molecular flexibility index (Phi) is 5.37. The number of nitrogens with zero attached hydrogens (tertiary/aromatic N) is 2. The predicted molar refractivity (Wildman–Crippen MR) is 168 cm³/mol. The smallest absolute Gasteiger partial charge is 0.255 e. The van der Waals surface area contributed by atoms with Crippen LogP contribution in [0, 0.1) is 13.8 Å². The molecule has 4 aromatic carbocycles. The van der Waals surface area contributed by atoms with E-state index in [9.17, 15) is 9.59 Å². The number of amides is 1. The van der Waals surface area contributed by atoms with E-state index in [0.717, 1.165) is 79.8 Å². The van der Waals surface area contributed by atoms with Crippen molar-refractivity contribution < 1.29 is 9.59 Å². The fourth-order valence-corrected chi connectivity index (χ4v) is 8.05. The van der Waals surface area contributed by atoms with Gasteiger partial charge >= 0.3 is 0 Å². The van der Waals surface area contributed by atoms with Crippen LogP contribution in [0.4, 0.5) is 22.7 Å². The molecule has 4 aromatic rings. The van der Waals surface area contributed by atoms with E-state index in [-0.39, 0.29) is 11.3 Å². The van der Waals surface area contributed by atoms with Gasteiger partial charge in [-0.2, -0.15) is 0 Å². The molecule has 1 spiro atoms. The van der Waals surface area contributed by atoms with E-state index in [0.29, 0.717) is 5.56 Å². The highest BCUT2D eigenvalue weighted by molar-refractivity contribution is 6.05. The Morgan fingerprint density at radius 2 is 1.48 bits per heavy atom. The van der Waals surface area contributed by atoms with Gasteiger partial charge in [0.2, 0.25) is 0 Å². The summed E-state index contributed by atoms with van der Waals surface area (Å²) in [6, 6.07) is 20.7. The third-order valence-electron chi connectivity index (χ3n) is 10.5. The van der Waals surface area contributed by atoms with E-state index < -0.39 is 0 Å². The summed E-state index contributed by atoms with van der Waals surface area (Å²) >= 11 is 0. The van der Waals surface area contributed by atoms with Crippen LogP contribution in [0.1, 0.15) is 78.1 Å². The first-order valence-electron chi connectivity index (χ1n) is 14.9. The lowest BCUT2D eigenvalue weighted by Crippen LogP contribution is -2.46. The highest BCUT2D eigenvalue weighted by atomic mass is 16.1. The quantitative estimate of drug-likeness (QED) is 0.226. The van der Waals surface area contributed by atoms with Crippen molar-refractivity contribution in [2.75, 3.05) is 27.5 Å². The number of aldehydes is 1. The number of carbonyl (C=O) groups is 2. The van der Waals surface area contributed by atoms with Gasteiger partial charge in [0.25, 0.3) is 5.91 Å². The molecule has 2 heterocycles. The lowest BCUT2D eigenvalue weighted by Gasteiger charge is -2.46. The minimum atomic E-state index is -0.109. The number of nitrogens with one attached hydrogen (secondary N) is 1. The zero-order valence-corrected chi connectivity index (χ0v) is 24.1. The van der Waals surface area contributed by atoms with Crippen molar-refractivity contribution in [3.8, 4) is 0 Å². The summed E-state index contributed by atoms with van der Waals surface area (Å²) in [7, 11) is 0. The van der Waals surface area contributed by atoms with Crippen LogP contribution in [0.2, 0.25) is 0 Å². The van der Waals surface area contributed by atoms with E-state index in [1.165, 1.54) is 44.8 Å². The monoisotopic (exact) mass is 554 g/mol. The number of benzene rings is 4. The van der Waals surface area contributed by atoms with Crippen molar-refractivity contribution in [1.29, 1.82) is 0 Å². The highest BCUT2D eigenvalue weighted by Gasteiger charge is 2.45. The normalized spacial score (nSPS) is 19.3. The molecule has 1 unspecified atom stereocenters. The minimum absolute atomic E-state index is 0.0872. The van der Waals surface area contributed by atoms with Crippen LogP contribution in [-0.2, 0) is 31.3 Å². The molecule has 4 aliphatic rings. The van der Waals surface area contributed by atoms with Gasteiger partial charge in [0.15, 0.2) is 0 Å². The van der Waals surface area contributed by atoms with Gasteiger partial charge < -0.3 is 20.9 Å². The number of hydrogen-bond donors (Lipinski definition) is 2. The van der Waals surface area contributed by atoms with Crippen molar-refractivity contribution in [2.45, 2.75) is 58.0 Å². The van der Waals surface area contributed by atoms with E-state index in [2.05, 4.69) is 65.4 Å². The van der Waals surface area contributed by atoms with Gasteiger partial charge in [-0.25, -0.2) is 0 Å². The molecule has 210 valence electrons. The second-order valence-corrected chi connectivity index (χ2v) is 12.5. The molecule has 0 fully saturated rings. The van der Waals surface area contributed by atoms with Gasteiger partial charge in [0.05, 0.1) is 6.67 Å². The molecule has 3 N–H and O–H groups in total. The Bertz CT molecular complexity index is 1840. The number of anilines is 4. The van der Waals surface area contributed by atoms with Crippen LogP contribution >= 0.6 is 0 Å².